The van der Waals surface area contributed by atoms with Crippen molar-refractivity contribution in [3.05, 3.63) is 12.2 Å². The molecule has 2 rings (SSSR count). The number of rotatable bonds is 8. The Labute approximate surface area is 169 Å². The van der Waals surface area contributed by atoms with E-state index in [1.807, 2.05) is 6.33 Å². The van der Waals surface area contributed by atoms with Crippen LogP contribution in [0, 0.1) is 5.92 Å². The van der Waals surface area contributed by atoms with Gasteiger partial charge < -0.3 is 15.2 Å². The van der Waals surface area contributed by atoms with Gasteiger partial charge in [0.1, 0.15) is 12.2 Å². The van der Waals surface area contributed by atoms with Crippen LogP contribution in [0.4, 0.5) is 0 Å². The van der Waals surface area contributed by atoms with Crippen LogP contribution in [0.25, 0.3) is 0 Å². The van der Waals surface area contributed by atoms with Gasteiger partial charge in [-0.1, -0.05) is 27.2 Å². The number of guanidine groups is 1. The number of aryl methyl sites for hydroxylation is 1. The molecule has 1 aromatic rings. The predicted molar refractivity (Wildman–Crippen MR) is 115 cm³/mol. The molecule has 0 radical (unpaired) electrons. The van der Waals surface area contributed by atoms with Crippen molar-refractivity contribution < 1.29 is 0 Å². The highest BCUT2D eigenvalue weighted by atomic mass is 127. The van der Waals surface area contributed by atoms with E-state index >= 15 is 0 Å². The van der Waals surface area contributed by atoms with Crippen LogP contribution >= 0.6 is 24.0 Å². The third kappa shape index (κ3) is 7.92. The van der Waals surface area contributed by atoms with Gasteiger partial charge in [0.05, 0.1) is 0 Å². The molecule has 1 heterocycles. The molecule has 0 unspecified atom stereocenters. The Morgan fingerprint density at radius 2 is 2.04 bits per heavy atom. The minimum Gasteiger partial charge on any atom is -0.355 e. The molecule has 2 N–H and O–H groups in total. The van der Waals surface area contributed by atoms with Gasteiger partial charge in [0, 0.05) is 32.1 Å². The molecule has 7 heteroatoms. The molecule has 0 aromatic carbocycles. The topological polar surface area (TPSA) is 67.1 Å². The van der Waals surface area contributed by atoms with Crippen LogP contribution in [0.3, 0.4) is 0 Å². The Bertz CT molecular complexity index is 494. The Morgan fingerprint density at radius 3 is 2.72 bits per heavy atom. The van der Waals surface area contributed by atoms with E-state index in [9.17, 15) is 0 Å². The molecule has 0 atom stereocenters. The summed E-state index contributed by atoms with van der Waals surface area (Å²) < 4.78 is 2.11. The molecule has 1 fully saturated rings. The van der Waals surface area contributed by atoms with Crippen LogP contribution in [-0.2, 0) is 13.0 Å². The summed E-state index contributed by atoms with van der Waals surface area (Å²) in [4.78, 5) is 4.74. The van der Waals surface area contributed by atoms with Gasteiger partial charge >= 0.3 is 0 Å². The van der Waals surface area contributed by atoms with Crippen molar-refractivity contribution in [2.45, 2.75) is 78.3 Å². The first-order chi connectivity index (χ1) is 11.7. The highest BCUT2D eigenvalue weighted by Gasteiger charge is 2.18. The number of nitrogens with one attached hydrogen (secondary N) is 2. The van der Waals surface area contributed by atoms with Gasteiger partial charge in [0.25, 0.3) is 0 Å². The summed E-state index contributed by atoms with van der Waals surface area (Å²) >= 11 is 0. The van der Waals surface area contributed by atoms with Crippen molar-refractivity contribution >= 4 is 29.9 Å². The molecule has 1 aliphatic carbocycles. The molecule has 0 saturated heterocycles. The third-order valence-electron chi connectivity index (χ3n) is 4.80. The van der Waals surface area contributed by atoms with Crippen molar-refractivity contribution in [1.82, 2.24) is 25.4 Å². The van der Waals surface area contributed by atoms with Gasteiger partial charge in [-0.3, -0.25) is 4.99 Å². The molecule has 1 aromatic heterocycles. The maximum atomic E-state index is 4.74. The van der Waals surface area contributed by atoms with E-state index in [2.05, 4.69) is 46.2 Å². The fourth-order valence-corrected chi connectivity index (χ4v) is 3.13. The van der Waals surface area contributed by atoms with Crippen LogP contribution in [0.5, 0.6) is 0 Å². The zero-order valence-electron chi connectivity index (χ0n) is 16.0. The molecule has 0 bridgehead atoms. The summed E-state index contributed by atoms with van der Waals surface area (Å²) in [5, 5.41) is 15.3. The highest BCUT2D eigenvalue weighted by Crippen LogP contribution is 2.23. The van der Waals surface area contributed by atoms with E-state index in [0.717, 1.165) is 50.2 Å². The predicted octanol–water partition coefficient (Wildman–Crippen LogP) is 3.37. The van der Waals surface area contributed by atoms with Crippen LogP contribution in [0.15, 0.2) is 11.3 Å². The lowest BCUT2D eigenvalue weighted by atomic mass is 9.87. The average Bonchev–Trinajstić information content (AvgIpc) is 3.04. The molecule has 0 amide bonds. The summed E-state index contributed by atoms with van der Waals surface area (Å²) in [6, 6.07) is 0.565. The van der Waals surface area contributed by atoms with Crippen LogP contribution in [0.2, 0.25) is 0 Å². The summed E-state index contributed by atoms with van der Waals surface area (Å²) in [7, 11) is 0. The van der Waals surface area contributed by atoms with Crippen molar-refractivity contribution in [3.63, 3.8) is 0 Å². The molecular formula is C18H35IN6. The van der Waals surface area contributed by atoms with Crippen LogP contribution in [0.1, 0.15) is 65.1 Å². The maximum Gasteiger partial charge on any atom is 0.191 e. The minimum absolute atomic E-state index is 0. The lowest BCUT2D eigenvalue weighted by Gasteiger charge is -2.28. The number of aliphatic imine (C=N–C) groups is 1. The van der Waals surface area contributed by atoms with Crippen molar-refractivity contribution in [2.75, 3.05) is 13.1 Å². The first-order valence-corrected chi connectivity index (χ1v) is 9.64. The zero-order chi connectivity index (χ0) is 17.2. The van der Waals surface area contributed by atoms with E-state index in [1.165, 1.54) is 32.1 Å². The summed E-state index contributed by atoms with van der Waals surface area (Å²) in [5.74, 6) is 2.88. The molecule has 25 heavy (non-hydrogen) atoms. The molecule has 144 valence electrons. The number of unbranched alkanes of at least 4 members (excludes halogenated alkanes) is 1. The largest absolute Gasteiger partial charge is 0.355 e. The highest BCUT2D eigenvalue weighted by molar-refractivity contribution is 14.0. The van der Waals surface area contributed by atoms with Crippen molar-refractivity contribution in [3.8, 4) is 0 Å². The first-order valence-electron chi connectivity index (χ1n) is 9.64. The lowest BCUT2D eigenvalue weighted by molar-refractivity contribution is 0.329. The smallest absolute Gasteiger partial charge is 0.191 e. The zero-order valence-corrected chi connectivity index (χ0v) is 18.3. The second-order valence-corrected chi connectivity index (χ2v) is 6.91. The SMILES string of the molecule is CCCCN=C(NCCn1cnnc1CC)NC1CCC(C)CC1.I. The van der Waals surface area contributed by atoms with Crippen LogP contribution < -0.4 is 10.6 Å². The standard InChI is InChI=1S/C18H34N6.HI/c1-4-6-11-19-18(22-16-9-7-15(3)8-10-16)20-12-13-24-14-21-23-17(24)5-2;/h14-16H,4-13H2,1-3H3,(H2,19,20,22);1H. The quantitative estimate of drug-likeness (QED) is 0.269. The Morgan fingerprint density at radius 1 is 1.28 bits per heavy atom. The molecule has 1 saturated carbocycles. The number of halogens is 1. The first kappa shape index (κ1) is 22.2. The van der Waals surface area contributed by atoms with Crippen molar-refractivity contribution in [2.24, 2.45) is 10.9 Å². The maximum absolute atomic E-state index is 4.74. The van der Waals surface area contributed by atoms with Gasteiger partial charge in [0.15, 0.2) is 5.96 Å². The minimum atomic E-state index is 0. The molecular weight excluding hydrogens is 427 g/mol. The molecule has 6 nitrogen and oxygen atoms in total. The number of hydrogen-bond donors (Lipinski definition) is 2. The molecule has 0 aliphatic heterocycles. The molecule has 0 spiro atoms. The summed E-state index contributed by atoms with van der Waals surface area (Å²) in [5.41, 5.74) is 0. The van der Waals surface area contributed by atoms with Gasteiger partial charge in [0.2, 0.25) is 0 Å². The number of hydrogen-bond acceptors (Lipinski definition) is 3. The summed E-state index contributed by atoms with van der Waals surface area (Å²) in [6.07, 6.45) is 10.2. The van der Waals surface area contributed by atoms with Gasteiger partial charge in [-0.15, -0.1) is 34.2 Å². The monoisotopic (exact) mass is 462 g/mol. The van der Waals surface area contributed by atoms with E-state index in [-0.39, 0.29) is 24.0 Å². The van der Waals surface area contributed by atoms with E-state index in [4.69, 9.17) is 4.99 Å². The molecule has 1 aliphatic rings. The summed E-state index contributed by atoms with van der Waals surface area (Å²) in [6.45, 7) is 9.27. The fraction of sp³-hybridized carbons (Fsp3) is 0.833. The average molecular weight is 462 g/mol. The van der Waals surface area contributed by atoms with Crippen LogP contribution in [-0.4, -0.2) is 39.9 Å². The Hall–Kier alpha value is -0.860. The number of nitrogens with zero attached hydrogens (tertiary/aromatic N) is 4. The second kappa shape index (κ2) is 12.5. The Kier molecular flexibility index (Phi) is 11.1. The van der Waals surface area contributed by atoms with E-state index < -0.39 is 0 Å². The lowest BCUT2D eigenvalue weighted by Crippen LogP contribution is -2.45. The number of aromatic nitrogens is 3. The van der Waals surface area contributed by atoms with Gasteiger partial charge in [-0.05, 0) is 38.0 Å². The fourth-order valence-electron chi connectivity index (χ4n) is 3.13. The van der Waals surface area contributed by atoms with Gasteiger partial charge in [-0.2, -0.15) is 0 Å². The van der Waals surface area contributed by atoms with Gasteiger partial charge in [-0.25, -0.2) is 0 Å². The Balaban J connectivity index is 0.00000312. The van der Waals surface area contributed by atoms with Crippen molar-refractivity contribution in [1.29, 1.82) is 0 Å². The second-order valence-electron chi connectivity index (χ2n) is 6.91. The van der Waals surface area contributed by atoms with E-state index in [1.54, 1.807) is 0 Å². The third-order valence-corrected chi connectivity index (χ3v) is 4.80. The normalized spacial score (nSPS) is 20.8. The van der Waals surface area contributed by atoms with E-state index in [0.29, 0.717) is 6.04 Å².